The Bertz CT molecular complexity index is 581. The average Bonchev–Trinajstić information content (AvgIpc) is 2.53. The monoisotopic (exact) mass is 271 g/mol. The number of hydrogen-bond donors (Lipinski definition) is 1. The van der Waals surface area contributed by atoms with Crippen molar-refractivity contribution in [2.45, 2.75) is 19.4 Å². The van der Waals surface area contributed by atoms with Crippen LogP contribution < -0.4 is 15.2 Å². The Morgan fingerprint density at radius 3 is 2.30 bits per heavy atom. The molecular formula is C17H21NO2. The molecule has 0 saturated carbocycles. The normalized spacial score (nSPS) is 12.0. The van der Waals surface area contributed by atoms with E-state index in [1.807, 2.05) is 18.2 Å². The molecule has 0 fully saturated rings. The zero-order valence-electron chi connectivity index (χ0n) is 12.2. The smallest absolute Gasteiger partial charge is 0.161 e. The van der Waals surface area contributed by atoms with Gasteiger partial charge in [-0.25, -0.2) is 0 Å². The molecule has 2 aromatic carbocycles. The van der Waals surface area contributed by atoms with E-state index in [-0.39, 0.29) is 6.04 Å². The lowest BCUT2D eigenvalue weighted by molar-refractivity contribution is 0.354. The van der Waals surface area contributed by atoms with Crippen molar-refractivity contribution in [1.29, 1.82) is 0 Å². The number of rotatable bonds is 5. The van der Waals surface area contributed by atoms with Crippen molar-refractivity contribution in [3.05, 3.63) is 59.2 Å². The molecule has 2 aromatic rings. The van der Waals surface area contributed by atoms with E-state index in [1.165, 1.54) is 5.56 Å². The lowest BCUT2D eigenvalue weighted by atomic mass is 9.97. The highest BCUT2D eigenvalue weighted by molar-refractivity contribution is 5.46. The fraction of sp³-hybridized carbons (Fsp3) is 0.294. The summed E-state index contributed by atoms with van der Waals surface area (Å²) in [6.45, 7) is 2.14. The van der Waals surface area contributed by atoms with Crippen LogP contribution in [0.3, 0.4) is 0 Å². The molecule has 0 aromatic heterocycles. The fourth-order valence-corrected chi connectivity index (χ4v) is 2.25. The van der Waals surface area contributed by atoms with Crippen LogP contribution in [0.2, 0.25) is 0 Å². The van der Waals surface area contributed by atoms with Crippen molar-refractivity contribution >= 4 is 0 Å². The first-order valence-electron chi connectivity index (χ1n) is 6.76. The Morgan fingerprint density at radius 1 is 0.950 bits per heavy atom. The van der Waals surface area contributed by atoms with Gasteiger partial charge in [0, 0.05) is 0 Å². The number of aryl methyl sites for hydroxylation is 1. The summed E-state index contributed by atoms with van der Waals surface area (Å²) in [5.41, 5.74) is 9.77. The van der Waals surface area contributed by atoms with Crippen molar-refractivity contribution in [3.63, 3.8) is 0 Å². The van der Waals surface area contributed by atoms with Crippen LogP contribution in [0.25, 0.3) is 0 Å². The molecular weight excluding hydrogens is 250 g/mol. The van der Waals surface area contributed by atoms with E-state index < -0.39 is 0 Å². The van der Waals surface area contributed by atoms with Crippen LogP contribution in [-0.4, -0.2) is 14.2 Å². The minimum Gasteiger partial charge on any atom is -0.493 e. The van der Waals surface area contributed by atoms with Gasteiger partial charge >= 0.3 is 0 Å². The largest absolute Gasteiger partial charge is 0.493 e. The quantitative estimate of drug-likeness (QED) is 0.907. The summed E-state index contributed by atoms with van der Waals surface area (Å²) in [6.07, 6.45) is 1.01. The number of ether oxygens (including phenoxy) is 2. The van der Waals surface area contributed by atoms with Gasteiger partial charge in [-0.15, -0.1) is 0 Å². The van der Waals surface area contributed by atoms with Crippen molar-refractivity contribution in [3.8, 4) is 11.5 Å². The van der Waals surface area contributed by atoms with E-state index in [0.29, 0.717) is 11.5 Å². The van der Waals surface area contributed by atoms with Gasteiger partial charge in [-0.2, -0.15) is 0 Å². The number of hydrogen-bond acceptors (Lipinski definition) is 3. The summed E-state index contributed by atoms with van der Waals surface area (Å²) in [6, 6.07) is 14.0. The predicted octanol–water partition coefficient (Wildman–Crippen LogP) is 3.31. The first kappa shape index (κ1) is 14.4. The van der Waals surface area contributed by atoms with Gasteiger partial charge in [0.05, 0.1) is 20.3 Å². The Balaban J connectivity index is 2.34. The molecule has 0 aliphatic rings. The highest BCUT2D eigenvalue weighted by atomic mass is 16.5. The van der Waals surface area contributed by atoms with Gasteiger partial charge < -0.3 is 15.2 Å². The summed E-state index contributed by atoms with van der Waals surface area (Å²) in [5.74, 6) is 1.41. The third-order valence-electron chi connectivity index (χ3n) is 3.49. The van der Waals surface area contributed by atoms with Crippen molar-refractivity contribution in [2.75, 3.05) is 14.2 Å². The molecule has 0 heterocycles. The minimum atomic E-state index is -0.165. The van der Waals surface area contributed by atoms with Gasteiger partial charge in [0.25, 0.3) is 0 Å². The molecule has 2 rings (SSSR count). The number of nitrogens with two attached hydrogens (primary N) is 1. The summed E-state index contributed by atoms with van der Waals surface area (Å²) in [4.78, 5) is 0. The molecule has 2 N–H and O–H groups in total. The Hall–Kier alpha value is -2.00. The second-order valence-corrected chi connectivity index (χ2v) is 4.69. The van der Waals surface area contributed by atoms with Gasteiger partial charge in [-0.1, -0.05) is 37.3 Å². The van der Waals surface area contributed by atoms with Crippen LogP contribution >= 0.6 is 0 Å². The molecule has 0 aliphatic carbocycles. The Kier molecular flexibility index (Phi) is 4.64. The number of methoxy groups -OCH3 is 2. The van der Waals surface area contributed by atoms with Gasteiger partial charge in [-0.3, -0.25) is 0 Å². The second-order valence-electron chi connectivity index (χ2n) is 4.69. The zero-order valence-corrected chi connectivity index (χ0v) is 12.2. The van der Waals surface area contributed by atoms with Crippen LogP contribution in [0.4, 0.5) is 0 Å². The third-order valence-corrected chi connectivity index (χ3v) is 3.49. The standard InChI is InChI=1S/C17H21NO2/c1-4-12-6-5-7-13(10-12)17(18)14-8-9-15(19-2)16(11-14)20-3/h5-11,17H,4,18H2,1-3H3. The van der Waals surface area contributed by atoms with Crippen molar-refractivity contribution < 1.29 is 9.47 Å². The molecule has 1 atom stereocenters. The third kappa shape index (κ3) is 2.94. The average molecular weight is 271 g/mol. The van der Waals surface area contributed by atoms with E-state index in [4.69, 9.17) is 15.2 Å². The Morgan fingerprint density at radius 2 is 1.65 bits per heavy atom. The van der Waals surface area contributed by atoms with Crippen LogP contribution in [0.1, 0.15) is 29.7 Å². The highest BCUT2D eigenvalue weighted by Gasteiger charge is 2.12. The highest BCUT2D eigenvalue weighted by Crippen LogP contribution is 2.31. The van der Waals surface area contributed by atoms with Crippen LogP contribution in [0.5, 0.6) is 11.5 Å². The van der Waals surface area contributed by atoms with E-state index >= 15 is 0 Å². The van der Waals surface area contributed by atoms with Gasteiger partial charge in [0.2, 0.25) is 0 Å². The molecule has 0 amide bonds. The maximum Gasteiger partial charge on any atom is 0.161 e. The van der Waals surface area contributed by atoms with Crippen molar-refractivity contribution in [1.82, 2.24) is 0 Å². The molecule has 0 saturated heterocycles. The van der Waals surface area contributed by atoms with Crippen LogP contribution in [0, 0.1) is 0 Å². The topological polar surface area (TPSA) is 44.5 Å². The van der Waals surface area contributed by atoms with E-state index in [9.17, 15) is 0 Å². The molecule has 0 bridgehead atoms. The second kappa shape index (κ2) is 6.44. The first-order valence-corrected chi connectivity index (χ1v) is 6.76. The maximum absolute atomic E-state index is 6.36. The zero-order chi connectivity index (χ0) is 14.5. The van der Waals surface area contributed by atoms with E-state index in [0.717, 1.165) is 17.5 Å². The molecule has 3 nitrogen and oxygen atoms in total. The Labute approximate surface area is 120 Å². The van der Waals surface area contributed by atoms with E-state index in [2.05, 4.69) is 31.2 Å². The lowest BCUT2D eigenvalue weighted by Gasteiger charge is -2.16. The molecule has 0 aliphatic heterocycles. The molecule has 20 heavy (non-hydrogen) atoms. The van der Waals surface area contributed by atoms with Gasteiger partial charge in [0.1, 0.15) is 0 Å². The van der Waals surface area contributed by atoms with E-state index in [1.54, 1.807) is 14.2 Å². The van der Waals surface area contributed by atoms with Crippen molar-refractivity contribution in [2.24, 2.45) is 5.73 Å². The summed E-state index contributed by atoms with van der Waals surface area (Å²) in [7, 11) is 3.26. The summed E-state index contributed by atoms with van der Waals surface area (Å²) >= 11 is 0. The fourth-order valence-electron chi connectivity index (χ4n) is 2.25. The summed E-state index contributed by atoms with van der Waals surface area (Å²) in [5, 5.41) is 0. The predicted molar refractivity (Wildman–Crippen MR) is 81.4 cm³/mol. The maximum atomic E-state index is 6.36. The van der Waals surface area contributed by atoms with Crippen LogP contribution in [-0.2, 0) is 6.42 Å². The first-order chi connectivity index (χ1) is 9.69. The summed E-state index contributed by atoms with van der Waals surface area (Å²) < 4.78 is 10.6. The molecule has 1 unspecified atom stereocenters. The SMILES string of the molecule is CCc1cccc(C(N)c2ccc(OC)c(OC)c2)c1. The lowest BCUT2D eigenvalue weighted by Crippen LogP contribution is -2.12. The van der Waals surface area contributed by atoms with Crippen LogP contribution in [0.15, 0.2) is 42.5 Å². The molecule has 0 spiro atoms. The van der Waals surface area contributed by atoms with Gasteiger partial charge in [-0.05, 0) is 35.2 Å². The molecule has 106 valence electrons. The van der Waals surface area contributed by atoms with Gasteiger partial charge in [0.15, 0.2) is 11.5 Å². The number of benzene rings is 2. The minimum absolute atomic E-state index is 0.165. The molecule has 3 heteroatoms. The molecule has 0 radical (unpaired) electrons.